The number of halogens is 1. The van der Waals surface area contributed by atoms with Crippen molar-refractivity contribution in [3.63, 3.8) is 0 Å². The third-order valence-corrected chi connectivity index (χ3v) is 3.72. The molecule has 1 unspecified atom stereocenters. The first-order valence-electron chi connectivity index (χ1n) is 7.29. The zero-order valence-electron chi connectivity index (χ0n) is 11.5. The van der Waals surface area contributed by atoms with Crippen LogP contribution in [0.2, 0.25) is 5.15 Å². The average molecular weight is 298 g/mol. The zero-order chi connectivity index (χ0) is 13.8. The molecule has 3 rings (SSSR count). The van der Waals surface area contributed by atoms with Gasteiger partial charge in [0, 0.05) is 31.7 Å². The molecule has 2 aliphatic rings. The number of nitrogens with one attached hydrogen (secondary N) is 1. The Balaban J connectivity index is 1.39. The van der Waals surface area contributed by atoms with Gasteiger partial charge in [-0.15, -0.1) is 0 Å². The minimum atomic E-state index is 0.282. The van der Waals surface area contributed by atoms with Crippen LogP contribution >= 0.6 is 11.6 Å². The van der Waals surface area contributed by atoms with Gasteiger partial charge in [-0.3, -0.25) is 0 Å². The monoisotopic (exact) mass is 297 g/mol. The van der Waals surface area contributed by atoms with Crippen molar-refractivity contribution in [3.8, 4) is 0 Å². The van der Waals surface area contributed by atoms with Gasteiger partial charge in [-0.25, -0.2) is 9.97 Å². The molecule has 0 spiro atoms. The summed E-state index contributed by atoms with van der Waals surface area (Å²) in [5.74, 6) is 2.20. The highest BCUT2D eigenvalue weighted by Crippen LogP contribution is 2.38. The summed E-state index contributed by atoms with van der Waals surface area (Å²) >= 11 is 6.02. The minimum Gasteiger partial charge on any atom is -0.379 e. The first-order chi connectivity index (χ1) is 9.81. The first-order valence-corrected chi connectivity index (χ1v) is 7.67. The second kappa shape index (κ2) is 6.70. The fraction of sp³-hybridized carbons (Fsp3) is 0.714. The highest BCUT2D eigenvalue weighted by molar-refractivity contribution is 6.29. The summed E-state index contributed by atoms with van der Waals surface area (Å²) in [6.07, 6.45) is 4.59. The van der Waals surface area contributed by atoms with E-state index in [4.69, 9.17) is 21.1 Å². The zero-order valence-corrected chi connectivity index (χ0v) is 12.2. The number of ether oxygens (including phenoxy) is 2. The van der Waals surface area contributed by atoms with Gasteiger partial charge in [0.15, 0.2) is 0 Å². The van der Waals surface area contributed by atoms with Crippen molar-refractivity contribution < 1.29 is 9.47 Å². The van der Waals surface area contributed by atoms with E-state index in [-0.39, 0.29) is 6.10 Å². The van der Waals surface area contributed by atoms with Gasteiger partial charge in [0.05, 0.1) is 12.7 Å². The van der Waals surface area contributed by atoms with Gasteiger partial charge in [-0.05, 0) is 25.7 Å². The molecule has 2 heterocycles. The Kier molecular flexibility index (Phi) is 4.70. The Bertz CT molecular complexity index is 448. The Morgan fingerprint density at radius 2 is 2.25 bits per heavy atom. The molecular weight excluding hydrogens is 278 g/mol. The van der Waals surface area contributed by atoms with Crippen LogP contribution in [0.15, 0.2) is 6.07 Å². The fourth-order valence-corrected chi connectivity index (χ4v) is 2.42. The van der Waals surface area contributed by atoms with E-state index in [9.17, 15) is 0 Å². The molecule has 0 aromatic carbocycles. The molecule has 1 aromatic rings. The molecule has 1 aliphatic heterocycles. The summed E-state index contributed by atoms with van der Waals surface area (Å²) in [6, 6.07) is 1.78. The third-order valence-electron chi connectivity index (χ3n) is 3.52. The van der Waals surface area contributed by atoms with Crippen LogP contribution < -0.4 is 5.32 Å². The van der Waals surface area contributed by atoms with Gasteiger partial charge in [0.25, 0.3) is 0 Å². The molecule has 1 aliphatic carbocycles. The van der Waals surface area contributed by atoms with Gasteiger partial charge < -0.3 is 14.8 Å². The van der Waals surface area contributed by atoms with Crippen molar-refractivity contribution in [3.05, 3.63) is 17.0 Å². The second-order valence-electron chi connectivity index (χ2n) is 5.35. The normalized spacial score (nSPS) is 22.1. The molecule has 1 saturated carbocycles. The molecule has 1 N–H and O–H groups in total. The van der Waals surface area contributed by atoms with E-state index >= 15 is 0 Å². The molecule has 2 fully saturated rings. The fourth-order valence-electron chi connectivity index (χ4n) is 2.23. The smallest absolute Gasteiger partial charge is 0.135 e. The number of rotatable bonds is 7. The lowest BCUT2D eigenvalue weighted by Crippen LogP contribution is -2.15. The Labute approximate surface area is 124 Å². The molecule has 0 amide bonds. The maximum atomic E-state index is 6.02. The van der Waals surface area contributed by atoms with Crippen molar-refractivity contribution in [2.45, 2.75) is 37.7 Å². The summed E-state index contributed by atoms with van der Waals surface area (Å²) in [6.45, 7) is 3.13. The van der Waals surface area contributed by atoms with Gasteiger partial charge in [-0.1, -0.05) is 11.6 Å². The van der Waals surface area contributed by atoms with Crippen LogP contribution in [0.3, 0.4) is 0 Å². The van der Waals surface area contributed by atoms with Gasteiger partial charge in [0.2, 0.25) is 0 Å². The van der Waals surface area contributed by atoms with E-state index in [2.05, 4.69) is 15.3 Å². The molecule has 20 heavy (non-hydrogen) atoms. The van der Waals surface area contributed by atoms with E-state index in [0.717, 1.165) is 50.8 Å². The van der Waals surface area contributed by atoms with E-state index in [1.165, 1.54) is 12.8 Å². The van der Waals surface area contributed by atoms with Gasteiger partial charge in [-0.2, -0.15) is 0 Å². The maximum absolute atomic E-state index is 6.02. The predicted molar refractivity (Wildman–Crippen MR) is 77.3 cm³/mol. The Hall–Kier alpha value is -0.910. The van der Waals surface area contributed by atoms with Crippen LogP contribution in [0.4, 0.5) is 5.82 Å². The molecule has 1 aromatic heterocycles. The maximum Gasteiger partial charge on any atom is 0.135 e. The molecular formula is C14H20ClN3O2. The lowest BCUT2D eigenvalue weighted by Gasteiger charge is -2.10. The van der Waals surface area contributed by atoms with Crippen molar-refractivity contribution in [2.75, 3.05) is 31.7 Å². The average Bonchev–Trinajstić information content (AvgIpc) is 3.16. The highest BCUT2D eigenvalue weighted by Gasteiger charge is 2.27. The number of anilines is 1. The lowest BCUT2D eigenvalue weighted by molar-refractivity contribution is 0.0427. The summed E-state index contributed by atoms with van der Waals surface area (Å²) in [5.41, 5.74) is 0. The van der Waals surface area contributed by atoms with Crippen LogP contribution in [0.5, 0.6) is 0 Å². The molecule has 6 heteroatoms. The van der Waals surface area contributed by atoms with Crippen molar-refractivity contribution in [1.29, 1.82) is 0 Å². The van der Waals surface area contributed by atoms with Crippen LogP contribution in [0.1, 0.15) is 37.4 Å². The first kappa shape index (κ1) is 14.0. The number of hydrogen-bond acceptors (Lipinski definition) is 5. The molecule has 110 valence electrons. The van der Waals surface area contributed by atoms with E-state index < -0.39 is 0 Å². The van der Waals surface area contributed by atoms with E-state index in [1.807, 2.05) is 0 Å². The minimum absolute atomic E-state index is 0.282. The van der Waals surface area contributed by atoms with Crippen LogP contribution in [0.25, 0.3) is 0 Å². The van der Waals surface area contributed by atoms with Crippen molar-refractivity contribution in [2.24, 2.45) is 0 Å². The predicted octanol–water partition coefficient (Wildman–Crippen LogP) is 2.61. The van der Waals surface area contributed by atoms with Crippen LogP contribution in [-0.4, -0.2) is 42.4 Å². The van der Waals surface area contributed by atoms with Crippen molar-refractivity contribution >= 4 is 17.4 Å². The molecule has 0 bridgehead atoms. The van der Waals surface area contributed by atoms with Gasteiger partial charge >= 0.3 is 0 Å². The summed E-state index contributed by atoms with van der Waals surface area (Å²) < 4.78 is 11.0. The molecule has 1 saturated heterocycles. The van der Waals surface area contributed by atoms with Gasteiger partial charge in [0.1, 0.15) is 16.8 Å². The molecule has 1 atom stereocenters. The van der Waals surface area contributed by atoms with E-state index in [1.54, 1.807) is 6.07 Å². The number of hydrogen-bond donors (Lipinski definition) is 1. The summed E-state index contributed by atoms with van der Waals surface area (Å²) in [5, 5.41) is 3.80. The van der Waals surface area contributed by atoms with Crippen LogP contribution in [-0.2, 0) is 9.47 Å². The van der Waals surface area contributed by atoms with Crippen molar-refractivity contribution in [1.82, 2.24) is 9.97 Å². The second-order valence-corrected chi connectivity index (χ2v) is 5.73. The third kappa shape index (κ3) is 4.04. The SMILES string of the molecule is Clc1cc(NCCCOC2CCOC2)nc(C2CC2)n1. The summed E-state index contributed by atoms with van der Waals surface area (Å²) in [7, 11) is 0. The lowest BCUT2D eigenvalue weighted by atomic mass is 10.3. The molecule has 5 nitrogen and oxygen atoms in total. The number of aromatic nitrogens is 2. The quantitative estimate of drug-likeness (QED) is 0.619. The molecule has 0 radical (unpaired) electrons. The highest BCUT2D eigenvalue weighted by atomic mass is 35.5. The van der Waals surface area contributed by atoms with E-state index in [0.29, 0.717) is 11.1 Å². The largest absolute Gasteiger partial charge is 0.379 e. The summed E-state index contributed by atoms with van der Waals surface area (Å²) in [4.78, 5) is 8.77. The Morgan fingerprint density at radius 3 is 3.00 bits per heavy atom. The topological polar surface area (TPSA) is 56.3 Å². The van der Waals surface area contributed by atoms with Crippen LogP contribution in [0, 0.1) is 0 Å². The standard InChI is InChI=1S/C14H20ClN3O2/c15-12-8-13(18-14(17-12)10-2-3-10)16-5-1-6-20-11-4-7-19-9-11/h8,10-11H,1-7,9H2,(H,16,17,18). The Morgan fingerprint density at radius 1 is 1.35 bits per heavy atom. The number of nitrogens with zero attached hydrogens (tertiary/aromatic N) is 2.